The summed E-state index contributed by atoms with van der Waals surface area (Å²) >= 11 is 0. The van der Waals surface area contributed by atoms with Crippen LogP contribution < -0.4 is 5.32 Å². The lowest BCUT2D eigenvalue weighted by molar-refractivity contribution is -0.192. The van der Waals surface area contributed by atoms with Crippen molar-refractivity contribution in [3.8, 4) is 0 Å². The monoisotopic (exact) mass is 235 g/mol. The van der Waals surface area contributed by atoms with Crippen molar-refractivity contribution in [2.24, 2.45) is 5.29 Å². The number of carbonyl (C=O) groups is 1. The van der Waals surface area contributed by atoms with Crippen molar-refractivity contribution in [3.63, 3.8) is 0 Å². The molecule has 0 saturated carbocycles. The molecule has 1 rings (SSSR count). The summed E-state index contributed by atoms with van der Waals surface area (Å²) in [6.07, 6.45) is -5.32. The zero-order chi connectivity index (χ0) is 12.3. The number of ether oxygens (including phenoxy) is 1. The normalized spacial score (nSPS) is 34.2. The third kappa shape index (κ3) is 2.64. The number of aliphatic hydroxyl groups excluding tert-OH is 3. The number of amides is 2. The van der Waals surface area contributed by atoms with Crippen molar-refractivity contribution in [1.29, 1.82) is 0 Å². The maximum Gasteiger partial charge on any atom is 0.342 e. The van der Waals surface area contributed by atoms with E-state index in [1.54, 1.807) is 0 Å². The molecule has 4 atom stereocenters. The van der Waals surface area contributed by atoms with E-state index in [9.17, 15) is 19.9 Å². The molecule has 0 bridgehead atoms. The lowest BCUT2D eigenvalue weighted by Crippen LogP contribution is -2.59. The van der Waals surface area contributed by atoms with E-state index in [0.717, 1.165) is 7.05 Å². The van der Waals surface area contributed by atoms with Gasteiger partial charge in [0.15, 0.2) is 6.23 Å². The standard InChI is InChI=1S/C7H13N3O6/c1-10(9-15)7(14)8-6-5(13)4(12)3(11)2-16-6/h3-6,11-13H,2H2,1H3,(H,8,14)/t3-,4-,5+,6?/m1/s1. The van der Waals surface area contributed by atoms with Crippen molar-refractivity contribution in [2.75, 3.05) is 13.7 Å². The van der Waals surface area contributed by atoms with E-state index in [1.165, 1.54) is 0 Å². The van der Waals surface area contributed by atoms with E-state index in [0.29, 0.717) is 5.01 Å². The van der Waals surface area contributed by atoms with Gasteiger partial charge in [-0.2, -0.15) is 5.01 Å². The van der Waals surface area contributed by atoms with Crippen LogP contribution in [-0.2, 0) is 4.74 Å². The summed E-state index contributed by atoms with van der Waals surface area (Å²) in [6.45, 7) is -0.235. The van der Waals surface area contributed by atoms with Crippen LogP contribution in [0.3, 0.4) is 0 Å². The topological polar surface area (TPSA) is 132 Å². The molecule has 1 heterocycles. The SMILES string of the molecule is CN(N=O)C(=O)NC1OC[C@@H](O)[C@@H](O)[C@@H]1O. The molecule has 4 N–H and O–H groups in total. The van der Waals surface area contributed by atoms with Crippen LogP contribution in [0.1, 0.15) is 0 Å². The van der Waals surface area contributed by atoms with E-state index >= 15 is 0 Å². The Morgan fingerprint density at radius 3 is 2.62 bits per heavy atom. The van der Waals surface area contributed by atoms with Crippen LogP contribution in [0.2, 0.25) is 0 Å². The highest BCUT2D eigenvalue weighted by Crippen LogP contribution is 2.13. The highest BCUT2D eigenvalue weighted by molar-refractivity contribution is 5.73. The number of carbonyl (C=O) groups excluding carboxylic acids is 1. The zero-order valence-corrected chi connectivity index (χ0v) is 8.48. The van der Waals surface area contributed by atoms with Crippen LogP contribution in [-0.4, -0.2) is 64.6 Å². The van der Waals surface area contributed by atoms with Crippen molar-refractivity contribution in [3.05, 3.63) is 4.91 Å². The van der Waals surface area contributed by atoms with Gasteiger partial charge in [-0.15, -0.1) is 4.91 Å². The maximum atomic E-state index is 11.2. The number of hydrogen-bond donors (Lipinski definition) is 4. The molecule has 1 saturated heterocycles. The van der Waals surface area contributed by atoms with Crippen LogP contribution in [0.4, 0.5) is 4.79 Å². The lowest BCUT2D eigenvalue weighted by Gasteiger charge is -2.35. The Balaban J connectivity index is 2.55. The second kappa shape index (κ2) is 5.16. The average Bonchev–Trinajstić information content (AvgIpc) is 2.28. The van der Waals surface area contributed by atoms with Crippen LogP contribution in [0.15, 0.2) is 5.29 Å². The van der Waals surface area contributed by atoms with Crippen molar-refractivity contribution in [1.82, 2.24) is 10.3 Å². The predicted octanol–water partition coefficient (Wildman–Crippen LogP) is -2.25. The molecule has 0 aromatic carbocycles. The van der Waals surface area contributed by atoms with Gasteiger partial charge in [0, 0.05) is 7.05 Å². The minimum atomic E-state index is -1.48. The molecule has 0 aromatic heterocycles. The molecule has 0 radical (unpaired) electrons. The Kier molecular flexibility index (Phi) is 4.12. The van der Waals surface area contributed by atoms with Gasteiger partial charge in [0.1, 0.15) is 18.3 Å². The van der Waals surface area contributed by atoms with Crippen molar-refractivity contribution in [2.45, 2.75) is 24.5 Å². The fourth-order valence-electron chi connectivity index (χ4n) is 1.19. The molecule has 9 nitrogen and oxygen atoms in total. The molecule has 1 unspecified atom stereocenters. The first-order chi connectivity index (χ1) is 7.47. The third-order valence-electron chi connectivity index (χ3n) is 2.18. The van der Waals surface area contributed by atoms with Gasteiger partial charge in [-0.25, -0.2) is 4.79 Å². The molecule has 2 amide bonds. The summed E-state index contributed by atoms with van der Waals surface area (Å²) in [5, 5.41) is 32.8. The molecule has 1 fully saturated rings. The van der Waals surface area contributed by atoms with Crippen molar-refractivity contribution < 1.29 is 24.9 Å². The Morgan fingerprint density at radius 1 is 1.44 bits per heavy atom. The van der Waals surface area contributed by atoms with Gasteiger partial charge in [-0.1, -0.05) is 0 Å². The summed E-state index contributed by atoms with van der Waals surface area (Å²) in [5.74, 6) is 0. The first kappa shape index (κ1) is 12.8. The molecule has 1 aliphatic heterocycles. The number of nitrogens with zero attached hydrogens (tertiary/aromatic N) is 2. The Morgan fingerprint density at radius 2 is 2.06 bits per heavy atom. The van der Waals surface area contributed by atoms with E-state index < -0.39 is 30.6 Å². The molecular formula is C7H13N3O6. The number of nitroso groups, excluding NO2 is 1. The first-order valence-electron chi connectivity index (χ1n) is 4.50. The number of hydrogen-bond acceptors (Lipinski definition) is 7. The molecule has 0 spiro atoms. The largest absolute Gasteiger partial charge is 0.388 e. The van der Waals surface area contributed by atoms with Gasteiger partial charge in [0.2, 0.25) is 0 Å². The third-order valence-corrected chi connectivity index (χ3v) is 2.18. The lowest BCUT2D eigenvalue weighted by atomic mass is 10.0. The summed E-state index contributed by atoms with van der Waals surface area (Å²) in [7, 11) is 1.11. The first-order valence-corrected chi connectivity index (χ1v) is 4.50. The summed E-state index contributed by atoms with van der Waals surface area (Å²) < 4.78 is 4.88. The zero-order valence-electron chi connectivity index (χ0n) is 8.48. The van der Waals surface area contributed by atoms with Crippen LogP contribution in [0.25, 0.3) is 0 Å². The summed E-state index contributed by atoms with van der Waals surface area (Å²) in [5.41, 5.74) is 0. The molecule has 16 heavy (non-hydrogen) atoms. The Hall–Kier alpha value is -1.29. The fourth-order valence-corrected chi connectivity index (χ4v) is 1.19. The molecular weight excluding hydrogens is 222 g/mol. The number of rotatable bonds is 2. The highest BCUT2D eigenvalue weighted by Gasteiger charge is 2.38. The summed E-state index contributed by atoms with van der Waals surface area (Å²) in [4.78, 5) is 21.2. The molecule has 92 valence electrons. The predicted molar refractivity (Wildman–Crippen MR) is 49.9 cm³/mol. The average molecular weight is 235 g/mol. The van der Waals surface area contributed by atoms with E-state index in [1.807, 2.05) is 0 Å². The highest BCUT2D eigenvalue weighted by atomic mass is 16.5. The second-order valence-electron chi connectivity index (χ2n) is 3.36. The van der Waals surface area contributed by atoms with Gasteiger partial charge in [0.25, 0.3) is 0 Å². The van der Waals surface area contributed by atoms with Gasteiger partial charge < -0.3 is 25.4 Å². The Labute approximate surface area is 90.6 Å². The van der Waals surface area contributed by atoms with E-state index in [2.05, 4.69) is 10.6 Å². The van der Waals surface area contributed by atoms with E-state index in [4.69, 9.17) is 9.84 Å². The van der Waals surface area contributed by atoms with Gasteiger partial charge in [-0.3, -0.25) is 0 Å². The molecule has 9 heteroatoms. The maximum absolute atomic E-state index is 11.2. The van der Waals surface area contributed by atoms with Crippen LogP contribution in [0.5, 0.6) is 0 Å². The number of aliphatic hydroxyl groups is 3. The van der Waals surface area contributed by atoms with Crippen LogP contribution in [0, 0.1) is 4.91 Å². The summed E-state index contributed by atoms with van der Waals surface area (Å²) in [6, 6.07) is -0.886. The van der Waals surface area contributed by atoms with Gasteiger partial charge in [0.05, 0.1) is 11.9 Å². The molecule has 0 aliphatic carbocycles. The van der Waals surface area contributed by atoms with E-state index in [-0.39, 0.29) is 6.61 Å². The molecule has 0 aromatic rings. The molecule has 1 aliphatic rings. The minimum absolute atomic E-state index is 0.235. The smallest absolute Gasteiger partial charge is 0.342 e. The quantitative estimate of drug-likeness (QED) is 0.316. The van der Waals surface area contributed by atoms with Gasteiger partial charge >= 0.3 is 6.03 Å². The van der Waals surface area contributed by atoms with Crippen molar-refractivity contribution >= 4 is 6.03 Å². The number of nitrogens with one attached hydrogen (secondary N) is 1. The fraction of sp³-hybridized carbons (Fsp3) is 0.857. The van der Waals surface area contributed by atoms with Crippen LogP contribution >= 0.6 is 0 Å². The van der Waals surface area contributed by atoms with Gasteiger partial charge in [-0.05, 0) is 0 Å². The Bertz CT molecular complexity index is 275. The number of urea groups is 1. The second-order valence-corrected chi connectivity index (χ2v) is 3.36. The minimum Gasteiger partial charge on any atom is -0.388 e.